The molecular weight excluding hydrogens is 581 g/mol. The molecule has 224 valence electrons. The molecule has 0 radical (unpaired) electrons. The number of hydrogen-bond acceptors (Lipinski definition) is 7. The zero-order valence-electron chi connectivity index (χ0n) is 22.0. The number of nitrogens with one attached hydrogen (secondary N) is 1. The summed E-state index contributed by atoms with van der Waals surface area (Å²) in [5, 5.41) is 16.1. The number of carboxylic acids is 1. The maximum Gasteiger partial charge on any atom is 0.328 e. The molecule has 2 aromatic carbocycles. The molecule has 0 bridgehead atoms. The van der Waals surface area contributed by atoms with Crippen LogP contribution in [0.25, 0.3) is 22.3 Å². The number of piperidine rings is 1. The van der Waals surface area contributed by atoms with Gasteiger partial charge in [0.2, 0.25) is 17.4 Å². The van der Waals surface area contributed by atoms with Crippen LogP contribution in [0.1, 0.15) is 18.9 Å². The van der Waals surface area contributed by atoms with Gasteiger partial charge in [0.15, 0.2) is 17.3 Å². The highest BCUT2D eigenvalue weighted by molar-refractivity contribution is 5.98. The van der Waals surface area contributed by atoms with Crippen LogP contribution in [0.5, 0.6) is 11.5 Å². The second kappa shape index (κ2) is 11.9. The number of carbonyl (C=O) groups excluding carboxylic acids is 1. The Bertz CT molecular complexity index is 1740. The molecule has 4 aromatic rings. The molecule has 1 atom stereocenters. The fraction of sp³-hybridized carbons (Fsp3) is 0.222. The lowest BCUT2D eigenvalue weighted by Crippen LogP contribution is -2.46. The van der Waals surface area contributed by atoms with Crippen LogP contribution in [0.2, 0.25) is 0 Å². The Hall–Kier alpha value is -5.28. The molecule has 3 heterocycles. The molecule has 1 unspecified atom stereocenters. The summed E-state index contributed by atoms with van der Waals surface area (Å²) >= 11 is 0. The molecule has 4 N–H and O–H groups in total. The molecule has 0 saturated carbocycles. The van der Waals surface area contributed by atoms with E-state index in [0.717, 1.165) is 18.2 Å². The first kappa shape index (κ1) is 29.2. The summed E-state index contributed by atoms with van der Waals surface area (Å²) in [7, 11) is 0. The second-order valence-corrected chi connectivity index (χ2v) is 9.46. The first-order chi connectivity index (χ1) is 20.5. The van der Waals surface area contributed by atoms with E-state index < -0.39 is 58.6 Å². The Labute approximate surface area is 239 Å². The van der Waals surface area contributed by atoms with Crippen molar-refractivity contribution in [3.05, 3.63) is 71.8 Å². The standard InChI is InChI=1S/C27H22F5N7O4/c28-16-9-14(43-24-21(31)17(29)10-18(30)22(24)32)5-6-15(16)23-20-25(33)35-12-36-26(20)39(37-23)13-3-2-8-38(11-13)27(42)34-7-1-4-19(40)41/h1,4-6,9-10,12-13H,2-3,7-8,11H2,(H,34,42)(H,40,41)(H2,33,35,36). The molecule has 43 heavy (non-hydrogen) atoms. The average molecular weight is 604 g/mol. The highest BCUT2D eigenvalue weighted by atomic mass is 19.2. The van der Waals surface area contributed by atoms with Crippen LogP contribution in [-0.2, 0) is 4.79 Å². The minimum absolute atomic E-state index is 0.0112. The first-order valence-corrected chi connectivity index (χ1v) is 12.8. The zero-order chi connectivity index (χ0) is 30.8. The van der Waals surface area contributed by atoms with Crippen LogP contribution < -0.4 is 15.8 Å². The van der Waals surface area contributed by atoms with E-state index in [1.807, 2.05) is 0 Å². The Morgan fingerprint density at radius 3 is 2.53 bits per heavy atom. The quantitative estimate of drug-likeness (QED) is 0.158. The van der Waals surface area contributed by atoms with Gasteiger partial charge in [-0.15, -0.1) is 0 Å². The first-order valence-electron chi connectivity index (χ1n) is 12.8. The van der Waals surface area contributed by atoms with Gasteiger partial charge in [-0.05, 0) is 25.0 Å². The molecular formula is C27H22F5N7O4. The number of ether oxygens (including phenoxy) is 1. The fourth-order valence-electron chi connectivity index (χ4n) is 4.71. The number of nitrogen functional groups attached to an aromatic ring is 1. The second-order valence-electron chi connectivity index (χ2n) is 9.46. The summed E-state index contributed by atoms with van der Waals surface area (Å²) < 4.78 is 77.2. The molecule has 2 amide bonds. The minimum Gasteiger partial charge on any atom is -0.478 e. The summed E-state index contributed by atoms with van der Waals surface area (Å²) in [6.45, 7) is 0.642. The summed E-state index contributed by atoms with van der Waals surface area (Å²) in [5.41, 5.74) is 6.30. The number of aromatic nitrogens is 4. The predicted molar refractivity (Wildman–Crippen MR) is 141 cm³/mol. The Morgan fingerprint density at radius 1 is 1.09 bits per heavy atom. The highest BCUT2D eigenvalue weighted by Crippen LogP contribution is 2.37. The van der Waals surface area contributed by atoms with Crippen molar-refractivity contribution in [2.24, 2.45) is 0 Å². The van der Waals surface area contributed by atoms with Gasteiger partial charge in [0.25, 0.3) is 0 Å². The van der Waals surface area contributed by atoms with E-state index in [0.29, 0.717) is 19.4 Å². The number of urea groups is 1. The third-order valence-corrected chi connectivity index (χ3v) is 6.67. The van der Waals surface area contributed by atoms with Gasteiger partial charge in [0.1, 0.15) is 29.4 Å². The molecule has 2 aromatic heterocycles. The number of aliphatic carboxylic acids is 1. The highest BCUT2D eigenvalue weighted by Gasteiger charge is 2.29. The van der Waals surface area contributed by atoms with Crippen LogP contribution in [0.3, 0.4) is 0 Å². The van der Waals surface area contributed by atoms with E-state index in [1.54, 1.807) is 0 Å². The molecule has 0 spiro atoms. The number of nitrogens with zero attached hydrogens (tertiary/aromatic N) is 5. The lowest BCUT2D eigenvalue weighted by molar-refractivity contribution is -0.131. The third-order valence-electron chi connectivity index (χ3n) is 6.67. The largest absolute Gasteiger partial charge is 0.478 e. The molecule has 5 rings (SSSR count). The van der Waals surface area contributed by atoms with Crippen molar-refractivity contribution in [3.8, 4) is 22.8 Å². The van der Waals surface area contributed by atoms with Crippen molar-refractivity contribution >= 4 is 28.9 Å². The molecule has 11 nitrogen and oxygen atoms in total. The van der Waals surface area contributed by atoms with E-state index in [4.69, 9.17) is 15.6 Å². The number of halogens is 5. The summed E-state index contributed by atoms with van der Waals surface area (Å²) in [6.07, 6.45) is 4.59. The Kier molecular flexibility index (Phi) is 8.09. The number of rotatable bonds is 7. The van der Waals surface area contributed by atoms with Gasteiger partial charge in [-0.2, -0.15) is 13.9 Å². The van der Waals surface area contributed by atoms with Crippen LogP contribution in [0.4, 0.5) is 32.6 Å². The van der Waals surface area contributed by atoms with Gasteiger partial charge >= 0.3 is 12.0 Å². The van der Waals surface area contributed by atoms with E-state index in [9.17, 15) is 27.2 Å². The molecule has 1 aliphatic rings. The third kappa shape index (κ3) is 5.89. The zero-order valence-corrected chi connectivity index (χ0v) is 22.0. The predicted octanol–water partition coefficient (Wildman–Crippen LogP) is 4.55. The van der Waals surface area contributed by atoms with Crippen LogP contribution in [0.15, 0.2) is 42.7 Å². The van der Waals surface area contributed by atoms with Crippen LogP contribution in [0, 0.1) is 29.1 Å². The normalized spacial score (nSPS) is 15.3. The Balaban J connectivity index is 1.44. The van der Waals surface area contributed by atoms with Gasteiger partial charge in [-0.1, -0.05) is 6.08 Å². The summed E-state index contributed by atoms with van der Waals surface area (Å²) in [6, 6.07) is 2.26. The monoisotopic (exact) mass is 603 g/mol. The number of anilines is 1. The molecule has 1 aliphatic heterocycles. The SMILES string of the molecule is Nc1ncnc2c1c(-c1ccc(Oc3c(F)c(F)cc(F)c3F)cc1F)nn2C1CCCN(C(=O)NCC=CC(=O)O)C1. The topological polar surface area (TPSA) is 148 Å². The van der Waals surface area contributed by atoms with E-state index in [1.165, 1.54) is 28.1 Å². The van der Waals surface area contributed by atoms with Gasteiger partial charge in [0, 0.05) is 43.4 Å². The van der Waals surface area contributed by atoms with Crippen molar-refractivity contribution in [2.75, 3.05) is 25.4 Å². The average Bonchev–Trinajstić information content (AvgIpc) is 3.37. The summed E-state index contributed by atoms with van der Waals surface area (Å²) in [4.78, 5) is 33.1. The number of likely N-dealkylation sites (tertiary alicyclic amines) is 1. The molecule has 1 fully saturated rings. The number of amides is 2. The number of carbonyl (C=O) groups is 2. The van der Waals surface area contributed by atoms with Crippen molar-refractivity contribution in [2.45, 2.75) is 18.9 Å². The smallest absolute Gasteiger partial charge is 0.328 e. The van der Waals surface area contributed by atoms with E-state index in [-0.39, 0.29) is 47.3 Å². The number of carboxylic acid groups (broad SMARTS) is 1. The maximum absolute atomic E-state index is 15.4. The maximum atomic E-state index is 15.4. The number of benzene rings is 2. The molecule has 1 saturated heterocycles. The van der Waals surface area contributed by atoms with Crippen molar-refractivity contribution in [3.63, 3.8) is 0 Å². The van der Waals surface area contributed by atoms with Gasteiger partial charge in [0.05, 0.1) is 11.4 Å². The van der Waals surface area contributed by atoms with Crippen molar-refractivity contribution in [1.82, 2.24) is 30.0 Å². The van der Waals surface area contributed by atoms with Gasteiger partial charge < -0.3 is 25.8 Å². The van der Waals surface area contributed by atoms with E-state index >= 15 is 4.39 Å². The molecule has 0 aliphatic carbocycles. The van der Waals surface area contributed by atoms with Crippen molar-refractivity contribution < 1.29 is 41.4 Å². The van der Waals surface area contributed by atoms with Gasteiger partial charge in [-0.25, -0.2) is 37.4 Å². The van der Waals surface area contributed by atoms with Crippen molar-refractivity contribution in [1.29, 1.82) is 0 Å². The minimum atomic E-state index is -1.79. The molecule has 16 heteroatoms. The fourth-order valence-corrected chi connectivity index (χ4v) is 4.71. The lowest BCUT2D eigenvalue weighted by Gasteiger charge is -2.32. The van der Waals surface area contributed by atoms with Crippen LogP contribution >= 0.6 is 0 Å². The van der Waals surface area contributed by atoms with Gasteiger partial charge in [-0.3, -0.25) is 0 Å². The number of hydrogen-bond donors (Lipinski definition) is 3. The lowest BCUT2D eigenvalue weighted by atomic mass is 10.1. The number of fused-ring (bicyclic) bond motifs is 1. The number of nitrogens with two attached hydrogens (primary N) is 1. The van der Waals surface area contributed by atoms with Crippen LogP contribution in [-0.4, -0.2) is 61.4 Å². The summed E-state index contributed by atoms with van der Waals surface area (Å²) in [5.74, 6) is -10.9. The van der Waals surface area contributed by atoms with E-state index in [2.05, 4.69) is 20.4 Å². The Morgan fingerprint density at radius 2 is 1.84 bits per heavy atom.